The van der Waals surface area contributed by atoms with Crippen LogP contribution in [0.3, 0.4) is 0 Å². The fraction of sp³-hybridized carbons (Fsp3) is 0.276. The molecule has 2 atom stereocenters. The molecule has 8 N–H and O–H groups in total. The number of benzene rings is 2. The van der Waals surface area contributed by atoms with Crippen LogP contribution in [0.5, 0.6) is 0 Å². The number of ketones is 1. The summed E-state index contributed by atoms with van der Waals surface area (Å²) >= 11 is 1.14. The minimum atomic E-state index is -3.95. The SMILES string of the molecule is NC(N)=NCCC[C@H](NC(=O)CNC(=O)[C@@H](Cc1c[nH]c2ccccc12)NS(=O)(=O)Cc1ccccc1)C(=O)c1nccs1. The number of aromatic nitrogens is 2. The molecular weight excluding hydrogens is 605 g/mol. The van der Waals surface area contributed by atoms with Crippen molar-refractivity contribution in [3.05, 3.63) is 88.5 Å². The molecular formula is C29H34N8O5S2. The van der Waals surface area contributed by atoms with Gasteiger partial charge in [0.25, 0.3) is 0 Å². The van der Waals surface area contributed by atoms with Crippen molar-refractivity contribution in [2.45, 2.75) is 37.1 Å². The van der Waals surface area contributed by atoms with Crippen molar-refractivity contribution in [2.75, 3.05) is 13.1 Å². The first kappa shape index (κ1) is 32.3. The second kappa shape index (κ2) is 15.2. The highest BCUT2D eigenvalue weighted by atomic mass is 32.2. The lowest BCUT2D eigenvalue weighted by Crippen LogP contribution is -2.51. The summed E-state index contributed by atoms with van der Waals surface area (Å²) in [7, 11) is -3.95. The molecule has 0 saturated carbocycles. The van der Waals surface area contributed by atoms with Gasteiger partial charge in [-0.15, -0.1) is 11.3 Å². The van der Waals surface area contributed by atoms with Gasteiger partial charge in [-0.25, -0.2) is 18.1 Å². The van der Waals surface area contributed by atoms with Crippen LogP contribution in [-0.4, -0.2) is 67.1 Å². The number of hydrogen-bond acceptors (Lipinski definition) is 8. The number of guanidine groups is 1. The molecule has 4 rings (SSSR count). The smallest absolute Gasteiger partial charge is 0.239 e. The van der Waals surface area contributed by atoms with Crippen molar-refractivity contribution in [1.29, 1.82) is 0 Å². The number of carbonyl (C=O) groups excluding carboxylic acids is 3. The Morgan fingerprint density at radius 2 is 1.77 bits per heavy atom. The maximum atomic E-state index is 13.4. The van der Waals surface area contributed by atoms with Gasteiger partial charge in [0.1, 0.15) is 6.04 Å². The molecule has 0 spiro atoms. The van der Waals surface area contributed by atoms with Crippen LogP contribution in [0.1, 0.15) is 33.8 Å². The van der Waals surface area contributed by atoms with Crippen molar-refractivity contribution in [3.63, 3.8) is 0 Å². The van der Waals surface area contributed by atoms with E-state index in [0.29, 0.717) is 12.0 Å². The van der Waals surface area contributed by atoms with Crippen molar-refractivity contribution in [2.24, 2.45) is 16.5 Å². The first-order chi connectivity index (χ1) is 21.1. The van der Waals surface area contributed by atoms with E-state index in [2.05, 4.69) is 30.3 Å². The van der Waals surface area contributed by atoms with Crippen LogP contribution >= 0.6 is 11.3 Å². The highest BCUT2D eigenvalue weighted by molar-refractivity contribution is 7.88. The lowest BCUT2D eigenvalue weighted by molar-refractivity contribution is -0.127. The van der Waals surface area contributed by atoms with E-state index >= 15 is 0 Å². The number of sulfonamides is 1. The Balaban J connectivity index is 1.45. The predicted molar refractivity (Wildman–Crippen MR) is 169 cm³/mol. The normalized spacial score (nSPS) is 12.7. The van der Waals surface area contributed by atoms with E-state index in [1.54, 1.807) is 41.9 Å². The molecule has 44 heavy (non-hydrogen) atoms. The zero-order chi connectivity index (χ0) is 31.5. The first-order valence-corrected chi connectivity index (χ1v) is 16.3. The number of nitrogens with zero attached hydrogens (tertiary/aromatic N) is 2. The van der Waals surface area contributed by atoms with Gasteiger partial charge in [0.15, 0.2) is 11.0 Å². The molecule has 13 nitrogen and oxygen atoms in total. The van der Waals surface area contributed by atoms with E-state index in [9.17, 15) is 22.8 Å². The predicted octanol–water partition coefficient (Wildman–Crippen LogP) is 1.19. The van der Waals surface area contributed by atoms with E-state index in [1.807, 2.05) is 24.3 Å². The molecule has 4 aromatic rings. The number of amides is 2. The van der Waals surface area contributed by atoms with E-state index in [0.717, 1.165) is 27.8 Å². The van der Waals surface area contributed by atoms with E-state index < -0.39 is 40.5 Å². The molecule has 0 bridgehead atoms. The highest BCUT2D eigenvalue weighted by Crippen LogP contribution is 2.20. The molecule has 2 aromatic heterocycles. The molecule has 0 aliphatic carbocycles. The average molecular weight is 639 g/mol. The molecule has 0 radical (unpaired) electrons. The molecule has 0 aliphatic heterocycles. The lowest BCUT2D eigenvalue weighted by atomic mass is 10.0. The number of hydrogen-bond donors (Lipinski definition) is 6. The average Bonchev–Trinajstić information content (AvgIpc) is 3.68. The molecule has 232 valence electrons. The Kier molecular flexibility index (Phi) is 11.2. The number of rotatable bonds is 16. The Hall–Kier alpha value is -4.60. The minimum absolute atomic E-state index is 0.0292. The lowest BCUT2D eigenvalue weighted by Gasteiger charge is -2.20. The third-order valence-electron chi connectivity index (χ3n) is 6.60. The van der Waals surface area contributed by atoms with Crippen LogP contribution in [0, 0.1) is 0 Å². The third kappa shape index (κ3) is 9.45. The number of carbonyl (C=O) groups is 3. The van der Waals surface area contributed by atoms with Gasteiger partial charge >= 0.3 is 0 Å². The van der Waals surface area contributed by atoms with Gasteiger partial charge in [-0.2, -0.15) is 0 Å². The standard InChI is InChI=1S/C29H34N8O5S2/c30-29(31)33-12-6-11-23(26(39)28-32-13-14-43-28)36-25(38)17-35-27(40)24(15-20-16-34-22-10-5-4-9-21(20)22)37-44(41,42)18-19-7-2-1-3-8-19/h1-5,7-10,13-14,16,23-24,34,37H,6,11-12,15,17-18H2,(H,35,40)(H,36,38)(H4,30,31,33)/t23-,24+/m0/s1. The Morgan fingerprint density at radius 1 is 1.02 bits per heavy atom. The fourth-order valence-corrected chi connectivity index (χ4v) is 6.53. The summed E-state index contributed by atoms with van der Waals surface area (Å²) in [6, 6.07) is 13.9. The van der Waals surface area contributed by atoms with Crippen LogP contribution in [0.15, 0.2) is 77.4 Å². The summed E-state index contributed by atoms with van der Waals surface area (Å²) in [5.41, 5.74) is 12.8. The van der Waals surface area contributed by atoms with Gasteiger partial charge in [-0.1, -0.05) is 48.5 Å². The monoisotopic (exact) mass is 638 g/mol. The summed E-state index contributed by atoms with van der Waals surface area (Å²) in [5.74, 6) is -2.12. The number of Topliss-reactive ketones (excluding diaryl/α,β-unsaturated/α-hetero) is 1. The Labute approximate surface area is 258 Å². The summed E-state index contributed by atoms with van der Waals surface area (Å²) in [4.78, 5) is 50.3. The van der Waals surface area contributed by atoms with E-state index in [-0.39, 0.29) is 41.9 Å². The Bertz CT molecular complexity index is 1700. The Morgan fingerprint density at radius 3 is 2.50 bits per heavy atom. The largest absolute Gasteiger partial charge is 0.370 e. The first-order valence-electron chi connectivity index (χ1n) is 13.8. The number of H-pyrrole nitrogens is 1. The number of thiazole rings is 1. The quantitative estimate of drug-likeness (QED) is 0.0453. The molecule has 2 heterocycles. The van der Waals surface area contributed by atoms with Crippen molar-refractivity contribution < 1.29 is 22.8 Å². The maximum Gasteiger partial charge on any atom is 0.239 e. The number of aliphatic imine (C=N–C) groups is 1. The van der Waals surface area contributed by atoms with Crippen LogP contribution in [0.25, 0.3) is 10.9 Å². The zero-order valence-corrected chi connectivity index (χ0v) is 25.4. The summed E-state index contributed by atoms with van der Waals surface area (Å²) < 4.78 is 28.7. The van der Waals surface area contributed by atoms with Crippen molar-refractivity contribution in [1.82, 2.24) is 25.3 Å². The third-order valence-corrected chi connectivity index (χ3v) is 8.74. The summed E-state index contributed by atoms with van der Waals surface area (Å²) in [6.45, 7) is -0.228. The number of para-hydroxylation sites is 1. The van der Waals surface area contributed by atoms with Gasteiger partial charge < -0.3 is 27.1 Å². The summed E-state index contributed by atoms with van der Waals surface area (Å²) in [5, 5.41) is 7.89. The van der Waals surface area contributed by atoms with Gasteiger partial charge in [0.2, 0.25) is 27.6 Å². The van der Waals surface area contributed by atoms with Crippen LogP contribution < -0.4 is 26.8 Å². The molecule has 0 unspecified atom stereocenters. The molecule has 0 aliphatic rings. The topological polar surface area (TPSA) is 215 Å². The van der Waals surface area contributed by atoms with Crippen molar-refractivity contribution >= 4 is 55.8 Å². The molecule has 0 saturated heterocycles. The van der Waals surface area contributed by atoms with Gasteiger partial charge in [0.05, 0.1) is 18.3 Å². The molecule has 2 amide bonds. The van der Waals surface area contributed by atoms with Gasteiger partial charge in [0, 0.05) is 35.2 Å². The van der Waals surface area contributed by atoms with E-state index in [1.165, 1.54) is 6.20 Å². The van der Waals surface area contributed by atoms with E-state index in [4.69, 9.17) is 11.5 Å². The fourth-order valence-electron chi connectivity index (χ4n) is 4.56. The molecule has 15 heteroatoms. The van der Waals surface area contributed by atoms with Gasteiger partial charge in [-0.3, -0.25) is 19.4 Å². The summed E-state index contributed by atoms with van der Waals surface area (Å²) in [6.07, 6.45) is 3.88. The van der Waals surface area contributed by atoms with Crippen LogP contribution in [0.2, 0.25) is 0 Å². The number of nitrogens with two attached hydrogens (primary N) is 2. The zero-order valence-electron chi connectivity index (χ0n) is 23.7. The highest BCUT2D eigenvalue weighted by Gasteiger charge is 2.28. The molecule has 2 aromatic carbocycles. The number of nitrogens with one attached hydrogen (secondary N) is 4. The van der Waals surface area contributed by atoms with Crippen molar-refractivity contribution in [3.8, 4) is 0 Å². The maximum absolute atomic E-state index is 13.4. The second-order valence-corrected chi connectivity index (χ2v) is 12.6. The van der Waals surface area contributed by atoms with Gasteiger partial charge in [-0.05, 0) is 36.5 Å². The minimum Gasteiger partial charge on any atom is -0.370 e. The van der Waals surface area contributed by atoms with Crippen LogP contribution in [0.4, 0.5) is 0 Å². The second-order valence-electron chi connectivity index (χ2n) is 9.97. The number of aromatic amines is 1. The number of fused-ring (bicyclic) bond motifs is 1. The molecule has 0 fully saturated rings. The van der Waals surface area contributed by atoms with Crippen LogP contribution in [-0.2, 0) is 31.8 Å².